The molecule has 1 nitrogen and oxygen atoms in total. The highest BCUT2D eigenvalue weighted by molar-refractivity contribution is 6.50. The van der Waals surface area contributed by atoms with Crippen LogP contribution in [-0.2, 0) is 0 Å². The van der Waals surface area contributed by atoms with E-state index in [1.165, 1.54) is 7.05 Å². The highest BCUT2D eigenvalue weighted by atomic mass is 19.4. The average Bonchev–Trinajstić information content (AvgIpc) is 2.07. The Morgan fingerprint density at radius 3 is 2.43 bits per heavy atom. The monoisotopic (exact) mass is 209 g/mol. The SMILES string of the molecule is CCCC1CCCC[N+]1(C)[B-](F)(F)F. The smallest absolute Gasteiger partial charge is 0.423 e. The highest BCUT2D eigenvalue weighted by Crippen LogP contribution is 2.35. The first-order chi connectivity index (χ1) is 6.42. The zero-order valence-corrected chi connectivity index (χ0v) is 8.98. The van der Waals surface area contributed by atoms with Crippen LogP contribution >= 0.6 is 0 Å². The molecule has 14 heavy (non-hydrogen) atoms. The predicted octanol–water partition coefficient (Wildman–Crippen LogP) is 3.13. The molecule has 2 unspecified atom stereocenters. The zero-order valence-electron chi connectivity index (χ0n) is 8.98. The van der Waals surface area contributed by atoms with Gasteiger partial charge in [0.05, 0.1) is 6.04 Å². The molecule has 1 fully saturated rings. The molecule has 0 amide bonds. The summed E-state index contributed by atoms with van der Waals surface area (Å²) >= 11 is 0. The van der Waals surface area contributed by atoms with Crippen molar-refractivity contribution < 1.29 is 17.3 Å². The van der Waals surface area contributed by atoms with Crippen molar-refractivity contribution >= 4 is 7.11 Å². The van der Waals surface area contributed by atoms with Crippen LogP contribution in [0.15, 0.2) is 0 Å². The Kier molecular flexibility index (Phi) is 3.51. The van der Waals surface area contributed by atoms with Gasteiger partial charge in [0.2, 0.25) is 0 Å². The van der Waals surface area contributed by atoms with E-state index in [1.54, 1.807) is 0 Å². The van der Waals surface area contributed by atoms with Gasteiger partial charge in [0, 0.05) is 13.6 Å². The van der Waals surface area contributed by atoms with Gasteiger partial charge in [-0.2, -0.15) is 0 Å². The Hall–Kier alpha value is -0.185. The zero-order chi connectivity index (χ0) is 10.8. The summed E-state index contributed by atoms with van der Waals surface area (Å²) in [5.41, 5.74) is 0. The van der Waals surface area contributed by atoms with Crippen molar-refractivity contribution in [2.45, 2.75) is 45.1 Å². The van der Waals surface area contributed by atoms with Crippen LogP contribution in [0.25, 0.3) is 0 Å². The number of rotatable bonds is 3. The van der Waals surface area contributed by atoms with Gasteiger partial charge < -0.3 is 17.3 Å². The standard InChI is InChI=1S/C9H19BF3N/c1-3-6-9-7-4-5-8-14(9,2)10(11,12)13/h9H,3-8H2,1-2H3. The van der Waals surface area contributed by atoms with E-state index in [4.69, 9.17) is 0 Å². The molecule has 1 rings (SSSR count). The molecule has 2 atom stereocenters. The van der Waals surface area contributed by atoms with E-state index in [9.17, 15) is 12.9 Å². The lowest BCUT2D eigenvalue weighted by Crippen LogP contribution is -2.66. The van der Waals surface area contributed by atoms with Gasteiger partial charge in [-0.15, -0.1) is 0 Å². The minimum absolute atomic E-state index is 0.186. The maximum atomic E-state index is 12.9. The van der Waals surface area contributed by atoms with Crippen molar-refractivity contribution in [1.29, 1.82) is 0 Å². The third kappa shape index (κ3) is 2.07. The fraction of sp³-hybridized carbons (Fsp3) is 1.00. The van der Waals surface area contributed by atoms with Gasteiger partial charge in [-0.25, -0.2) is 0 Å². The molecule has 0 aromatic heterocycles. The summed E-state index contributed by atoms with van der Waals surface area (Å²) < 4.78 is 38.2. The van der Waals surface area contributed by atoms with Gasteiger partial charge in [-0.05, 0) is 25.7 Å². The molecular formula is C9H19BF3N. The molecule has 0 N–H and O–H groups in total. The number of piperidine rings is 1. The van der Waals surface area contributed by atoms with Crippen molar-refractivity contribution in [2.75, 3.05) is 13.6 Å². The summed E-state index contributed by atoms with van der Waals surface area (Å²) in [4.78, 5) is 0. The number of nitrogens with zero attached hydrogens (tertiary/aromatic N) is 1. The minimum atomic E-state index is -4.74. The third-order valence-corrected chi connectivity index (χ3v) is 3.55. The van der Waals surface area contributed by atoms with Crippen molar-refractivity contribution in [3.63, 3.8) is 0 Å². The van der Waals surface area contributed by atoms with Crippen molar-refractivity contribution in [3.8, 4) is 0 Å². The van der Waals surface area contributed by atoms with E-state index in [0.29, 0.717) is 6.42 Å². The summed E-state index contributed by atoms with van der Waals surface area (Å²) in [6.45, 7) is 2.25. The summed E-state index contributed by atoms with van der Waals surface area (Å²) in [5, 5.41) is 0. The first-order valence-corrected chi connectivity index (χ1v) is 5.46. The lowest BCUT2D eigenvalue weighted by molar-refractivity contribution is -0.863. The lowest BCUT2D eigenvalue weighted by atomic mass is 9.86. The van der Waals surface area contributed by atoms with Crippen LogP contribution in [-0.4, -0.2) is 31.1 Å². The van der Waals surface area contributed by atoms with E-state index in [-0.39, 0.29) is 12.6 Å². The molecule has 5 heteroatoms. The van der Waals surface area contributed by atoms with Crippen LogP contribution in [0, 0.1) is 0 Å². The fourth-order valence-electron chi connectivity index (χ4n) is 2.47. The molecule has 1 aliphatic heterocycles. The van der Waals surface area contributed by atoms with E-state index in [1.807, 2.05) is 6.92 Å². The number of halogens is 3. The largest absolute Gasteiger partial charge is 0.733 e. The average molecular weight is 209 g/mol. The van der Waals surface area contributed by atoms with E-state index in [2.05, 4.69) is 0 Å². The Bertz CT molecular complexity index is 193. The van der Waals surface area contributed by atoms with E-state index < -0.39 is 11.5 Å². The molecule has 1 saturated heterocycles. The number of hydrogen-bond acceptors (Lipinski definition) is 0. The van der Waals surface area contributed by atoms with Crippen LogP contribution in [0.5, 0.6) is 0 Å². The molecule has 1 heterocycles. The first-order valence-electron chi connectivity index (χ1n) is 5.46. The van der Waals surface area contributed by atoms with Gasteiger partial charge in [0.15, 0.2) is 0 Å². The minimum Gasteiger partial charge on any atom is -0.423 e. The van der Waals surface area contributed by atoms with Gasteiger partial charge in [0.1, 0.15) is 0 Å². The van der Waals surface area contributed by atoms with Crippen LogP contribution in [0.2, 0.25) is 0 Å². The summed E-state index contributed by atoms with van der Waals surface area (Å²) in [6, 6.07) is -0.186. The molecule has 0 bridgehead atoms. The maximum Gasteiger partial charge on any atom is 0.733 e. The molecule has 0 spiro atoms. The quantitative estimate of drug-likeness (QED) is 0.626. The summed E-state index contributed by atoms with van der Waals surface area (Å²) in [5.74, 6) is 0. The van der Waals surface area contributed by atoms with Gasteiger partial charge in [-0.3, -0.25) is 0 Å². The number of likely N-dealkylation sites (tertiary alicyclic amines) is 1. The van der Waals surface area contributed by atoms with Gasteiger partial charge in [0.25, 0.3) is 0 Å². The summed E-state index contributed by atoms with van der Waals surface area (Å²) in [7, 11) is -3.37. The molecule has 0 aromatic rings. The van der Waals surface area contributed by atoms with Crippen molar-refractivity contribution in [3.05, 3.63) is 0 Å². The van der Waals surface area contributed by atoms with Crippen LogP contribution in [0.1, 0.15) is 39.0 Å². The lowest BCUT2D eigenvalue weighted by Gasteiger charge is -2.52. The molecule has 84 valence electrons. The molecule has 0 saturated carbocycles. The normalized spacial score (nSPS) is 34.5. The van der Waals surface area contributed by atoms with Gasteiger partial charge >= 0.3 is 7.11 Å². The van der Waals surface area contributed by atoms with Crippen LogP contribution in [0.3, 0.4) is 0 Å². The van der Waals surface area contributed by atoms with Crippen LogP contribution in [0.4, 0.5) is 12.9 Å². The third-order valence-electron chi connectivity index (χ3n) is 3.55. The number of hydrogen-bond donors (Lipinski definition) is 0. The van der Waals surface area contributed by atoms with E-state index >= 15 is 0 Å². The predicted molar refractivity (Wildman–Crippen MR) is 52.7 cm³/mol. The van der Waals surface area contributed by atoms with Gasteiger partial charge in [-0.1, -0.05) is 13.3 Å². The highest BCUT2D eigenvalue weighted by Gasteiger charge is 2.53. The Labute approximate surface area is 83.9 Å². The molecule has 0 aliphatic carbocycles. The summed E-state index contributed by atoms with van der Waals surface area (Å²) in [6.07, 6.45) is 3.98. The second kappa shape index (κ2) is 4.13. The maximum absolute atomic E-state index is 12.9. The molecule has 0 aromatic carbocycles. The molecular weight excluding hydrogens is 190 g/mol. The van der Waals surface area contributed by atoms with Crippen molar-refractivity contribution in [1.82, 2.24) is 0 Å². The Morgan fingerprint density at radius 1 is 1.29 bits per heavy atom. The van der Waals surface area contributed by atoms with Crippen molar-refractivity contribution in [2.24, 2.45) is 0 Å². The first kappa shape index (κ1) is 11.9. The number of quaternary nitrogens is 1. The molecule has 1 aliphatic rings. The topological polar surface area (TPSA) is 0 Å². The Morgan fingerprint density at radius 2 is 1.93 bits per heavy atom. The molecule has 0 radical (unpaired) electrons. The van der Waals surface area contributed by atoms with E-state index in [0.717, 1.165) is 25.7 Å². The Balaban J connectivity index is 2.79. The van der Waals surface area contributed by atoms with Crippen LogP contribution < -0.4 is 0 Å². The fourth-order valence-corrected chi connectivity index (χ4v) is 2.47. The second-order valence-corrected chi connectivity index (χ2v) is 4.55. The second-order valence-electron chi connectivity index (χ2n) is 4.55.